The van der Waals surface area contributed by atoms with Crippen LogP contribution >= 0.6 is 0 Å². The van der Waals surface area contributed by atoms with Crippen LogP contribution in [0.1, 0.15) is 65.7 Å². The Hall–Kier alpha value is -0.990. The Kier molecular flexibility index (Phi) is 3.61. The van der Waals surface area contributed by atoms with Crippen LogP contribution in [0.25, 0.3) is 0 Å². The maximum Gasteiger partial charge on any atom is 0.180 e. The summed E-state index contributed by atoms with van der Waals surface area (Å²) in [5, 5.41) is 0. The molecule has 4 rings (SSSR count). The zero-order chi connectivity index (χ0) is 17.3. The van der Waals surface area contributed by atoms with Crippen LogP contribution in [-0.4, -0.2) is 17.7 Å². The van der Waals surface area contributed by atoms with Crippen molar-refractivity contribution in [2.24, 2.45) is 34.5 Å². The van der Waals surface area contributed by atoms with E-state index in [-0.39, 0.29) is 22.5 Å². The summed E-state index contributed by atoms with van der Waals surface area (Å²) in [6.45, 7) is 6.29. The summed E-state index contributed by atoms with van der Waals surface area (Å²) in [5.41, 5.74) is 0.768. The summed E-state index contributed by atoms with van der Waals surface area (Å²) in [6, 6.07) is 0. The molecular weight excluding hydrogens is 303 g/mol. The predicted octanol–water partition coefficient (Wildman–Crippen LogP) is 4.67. The van der Waals surface area contributed by atoms with Crippen LogP contribution in [0, 0.1) is 34.5 Å². The number of alkyl halides is 1. The molecule has 0 aromatic carbocycles. The van der Waals surface area contributed by atoms with Crippen molar-refractivity contribution < 1.29 is 14.0 Å². The molecule has 4 aliphatic rings. The second-order valence-electron chi connectivity index (χ2n) is 9.30. The van der Waals surface area contributed by atoms with Crippen LogP contribution in [-0.2, 0) is 9.59 Å². The molecule has 24 heavy (non-hydrogen) atoms. The van der Waals surface area contributed by atoms with Gasteiger partial charge in [0.1, 0.15) is 5.78 Å². The minimum absolute atomic E-state index is 0.133. The quantitative estimate of drug-likeness (QED) is 0.654. The molecular formula is C21H29FO2. The topological polar surface area (TPSA) is 34.1 Å². The Morgan fingerprint density at radius 1 is 1.17 bits per heavy atom. The molecule has 0 heterocycles. The number of carbonyl (C=O) groups excluding carboxylic acids is 2. The molecule has 2 nitrogen and oxygen atoms in total. The minimum Gasteiger partial charge on any atom is -0.300 e. The summed E-state index contributed by atoms with van der Waals surface area (Å²) >= 11 is 0. The monoisotopic (exact) mass is 332 g/mol. The van der Waals surface area contributed by atoms with Crippen molar-refractivity contribution in [2.75, 3.05) is 0 Å². The highest BCUT2D eigenvalue weighted by molar-refractivity contribution is 5.87. The van der Waals surface area contributed by atoms with Crippen molar-refractivity contribution in [3.63, 3.8) is 0 Å². The van der Waals surface area contributed by atoms with E-state index in [1.54, 1.807) is 6.92 Å². The van der Waals surface area contributed by atoms with Crippen LogP contribution in [0.3, 0.4) is 0 Å². The van der Waals surface area contributed by atoms with E-state index in [2.05, 4.69) is 19.9 Å². The first-order valence-corrected chi connectivity index (χ1v) is 9.67. The van der Waals surface area contributed by atoms with E-state index in [1.165, 1.54) is 0 Å². The summed E-state index contributed by atoms with van der Waals surface area (Å²) in [7, 11) is 0. The van der Waals surface area contributed by atoms with Gasteiger partial charge in [-0.1, -0.05) is 19.9 Å². The number of hydrogen-bond acceptors (Lipinski definition) is 2. The average molecular weight is 332 g/mol. The molecule has 0 aromatic rings. The Labute approximate surface area is 144 Å². The molecule has 0 spiro atoms. The number of rotatable bonds is 1. The number of allylic oxidation sites excluding steroid dienone is 2. The van der Waals surface area contributed by atoms with Gasteiger partial charge in [-0.3, -0.25) is 9.59 Å². The Bertz CT molecular complexity index is 623. The lowest BCUT2D eigenvalue weighted by atomic mass is 9.47. The SMILES string of the molecule is CC(=O)[C@H]1CC[C@H]2[C@@H]3CC=C4C(F)C(=O)CC[C@]4(C)[C@H]3CC[C@]12C. The maximum absolute atomic E-state index is 14.6. The number of ketones is 2. The number of halogens is 1. The van der Waals surface area contributed by atoms with Crippen molar-refractivity contribution in [1.29, 1.82) is 0 Å². The largest absolute Gasteiger partial charge is 0.300 e. The first-order chi connectivity index (χ1) is 11.3. The van der Waals surface area contributed by atoms with Gasteiger partial charge in [-0.25, -0.2) is 4.39 Å². The van der Waals surface area contributed by atoms with E-state index in [9.17, 15) is 14.0 Å². The van der Waals surface area contributed by atoms with E-state index in [0.29, 0.717) is 30.0 Å². The summed E-state index contributed by atoms with van der Waals surface area (Å²) in [4.78, 5) is 24.0. The van der Waals surface area contributed by atoms with E-state index in [1.807, 2.05) is 0 Å². The minimum atomic E-state index is -1.37. The van der Waals surface area contributed by atoms with Crippen LogP contribution in [0.15, 0.2) is 11.6 Å². The highest BCUT2D eigenvalue weighted by atomic mass is 19.1. The van der Waals surface area contributed by atoms with Gasteiger partial charge < -0.3 is 0 Å². The average Bonchev–Trinajstić information content (AvgIpc) is 2.89. The smallest absolute Gasteiger partial charge is 0.180 e. The summed E-state index contributed by atoms with van der Waals surface area (Å²) in [5.74, 6) is 1.95. The van der Waals surface area contributed by atoms with Gasteiger partial charge >= 0.3 is 0 Å². The van der Waals surface area contributed by atoms with E-state index < -0.39 is 6.17 Å². The number of fused-ring (bicyclic) bond motifs is 5. The van der Waals surface area contributed by atoms with Gasteiger partial charge in [0, 0.05) is 12.3 Å². The molecule has 0 amide bonds. The molecule has 0 aliphatic heterocycles. The first-order valence-electron chi connectivity index (χ1n) is 9.67. The zero-order valence-electron chi connectivity index (χ0n) is 15.1. The molecule has 0 aromatic heterocycles. The summed E-state index contributed by atoms with van der Waals surface area (Å²) in [6.07, 6.45) is 7.11. The fourth-order valence-corrected chi connectivity index (χ4v) is 7.19. The van der Waals surface area contributed by atoms with Gasteiger partial charge in [-0.15, -0.1) is 0 Å². The van der Waals surface area contributed by atoms with Crippen LogP contribution in [0.2, 0.25) is 0 Å². The van der Waals surface area contributed by atoms with Crippen molar-refractivity contribution in [1.82, 2.24) is 0 Å². The molecule has 3 fully saturated rings. The van der Waals surface area contributed by atoms with Gasteiger partial charge in [0.15, 0.2) is 12.0 Å². The third kappa shape index (κ3) is 1.99. The molecule has 0 saturated heterocycles. The number of carbonyl (C=O) groups is 2. The molecule has 0 bridgehead atoms. The van der Waals surface area contributed by atoms with Gasteiger partial charge in [0.2, 0.25) is 0 Å². The Morgan fingerprint density at radius 3 is 2.62 bits per heavy atom. The fourth-order valence-electron chi connectivity index (χ4n) is 7.19. The molecule has 0 N–H and O–H groups in total. The van der Waals surface area contributed by atoms with Gasteiger partial charge in [-0.2, -0.15) is 0 Å². The molecule has 7 atom stereocenters. The highest BCUT2D eigenvalue weighted by Gasteiger charge is 2.60. The molecule has 1 unspecified atom stereocenters. The lowest BCUT2D eigenvalue weighted by Gasteiger charge is -2.57. The molecule has 0 radical (unpaired) electrons. The van der Waals surface area contributed by atoms with Gasteiger partial charge in [0.05, 0.1) is 0 Å². The van der Waals surface area contributed by atoms with Crippen molar-refractivity contribution in [3.8, 4) is 0 Å². The lowest BCUT2D eigenvalue weighted by molar-refractivity contribution is -0.131. The molecule has 3 heteroatoms. The van der Waals surface area contributed by atoms with Gasteiger partial charge in [-0.05, 0) is 79.6 Å². The standard InChI is InChI=1S/C21H29FO2/c1-12(23)14-6-7-15-13-4-5-17-19(22)18(24)9-11-21(17,3)16(13)8-10-20(14,15)2/h5,13-16,19H,4,6-11H2,1-3H3/t13-,14+,15-,16-,19?,20+,21+/m0/s1. The van der Waals surface area contributed by atoms with Crippen LogP contribution in [0.5, 0.6) is 0 Å². The zero-order valence-corrected chi connectivity index (χ0v) is 15.1. The predicted molar refractivity (Wildman–Crippen MR) is 91.2 cm³/mol. The van der Waals surface area contributed by atoms with E-state index in [4.69, 9.17) is 0 Å². The maximum atomic E-state index is 14.6. The normalized spacial score (nSPS) is 50.6. The van der Waals surface area contributed by atoms with Crippen LogP contribution < -0.4 is 0 Å². The van der Waals surface area contributed by atoms with Crippen molar-refractivity contribution in [2.45, 2.75) is 71.9 Å². The second-order valence-corrected chi connectivity index (χ2v) is 9.30. The fraction of sp³-hybridized carbons (Fsp3) is 0.810. The molecule has 4 aliphatic carbocycles. The van der Waals surface area contributed by atoms with Crippen molar-refractivity contribution in [3.05, 3.63) is 11.6 Å². The van der Waals surface area contributed by atoms with E-state index in [0.717, 1.165) is 44.1 Å². The first kappa shape index (κ1) is 16.5. The van der Waals surface area contributed by atoms with Gasteiger partial charge in [0.25, 0.3) is 0 Å². The molecule has 132 valence electrons. The lowest BCUT2D eigenvalue weighted by Crippen LogP contribution is -2.52. The second kappa shape index (κ2) is 5.25. The van der Waals surface area contributed by atoms with E-state index >= 15 is 0 Å². The Balaban J connectivity index is 1.69. The third-order valence-electron chi connectivity index (χ3n) is 8.46. The summed E-state index contributed by atoms with van der Waals surface area (Å²) < 4.78 is 14.6. The number of Topliss-reactive ketones (excluding diaryl/α,β-unsaturated/α-hetero) is 2. The molecule has 3 saturated carbocycles. The highest BCUT2D eigenvalue weighted by Crippen LogP contribution is 2.66. The van der Waals surface area contributed by atoms with Crippen LogP contribution in [0.4, 0.5) is 4.39 Å². The third-order valence-corrected chi connectivity index (χ3v) is 8.46. The Morgan fingerprint density at radius 2 is 1.92 bits per heavy atom. The van der Waals surface area contributed by atoms with Crippen molar-refractivity contribution >= 4 is 11.6 Å². The number of hydrogen-bond donors (Lipinski definition) is 0.